The lowest BCUT2D eigenvalue weighted by atomic mass is 10.2. The molecule has 0 saturated heterocycles. The van der Waals surface area contributed by atoms with Gasteiger partial charge < -0.3 is 14.8 Å². The number of amides is 1. The molecule has 0 aliphatic rings. The second kappa shape index (κ2) is 7.40. The highest BCUT2D eigenvalue weighted by molar-refractivity contribution is 5.90. The van der Waals surface area contributed by atoms with Crippen LogP contribution < -0.4 is 10.9 Å². The van der Waals surface area contributed by atoms with Crippen LogP contribution in [0.15, 0.2) is 46.1 Å². The number of nitrogens with zero attached hydrogens (tertiary/aromatic N) is 3. The lowest BCUT2D eigenvalue weighted by molar-refractivity contribution is -0.137. The van der Waals surface area contributed by atoms with Crippen molar-refractivity contribution in [1.29, 1.82) is 0 Å². The molecule has 3 aromatic rings. The number of aryl methyl sites for hydroxylation is 1. The van der Waals surface area contributed by atoms with Crippen LogP contribution in [0.1, 0.15) is 17.9 Å². The maximum absolute atomic E-state index is 12.7. The monoisotopic (exact) mass is 379 g/mol. The zero-order valence-corrected chi connectivity index (χ0v) is 13.6. The van der Waals surface area contributed by atoms with Crippen molar-refractivity contribution in [2.75, 3.05) is 5.32 Å². The third-order valence-electron chi connectivity index (χ3n) is 3.46. The highest BCUT2D eigenvalue weighted by atomic mass is 19.4. The summed E-state index contributed by atoms with van der Waals surface area (Å²) in [5, 5.41) is 5.91. The molecule has 0 bridgehead atoms. The van der Waals surface area contributed by atoms with Crippen LogP contribution in [-0.4, -0.2) is 26.0 Å². The molecule has 0 unspecified atom stereocenters. The number of aromatic amines is 1. The number of hydrogen-bond acceptors (Lipinski definition) is 6. The van der Waals surface area contributed by atoms with Crippen LogP contribution in [0.3, 0.4) is 0 Å². The minimum Gasteiger partial charge on any atom is -0.339 e. The largest absolute Gasteiger partial charge is 0.417 e. The van der Waals surface area contributed by atoms with Crippen molar-refractivity contribution >= 4 is 11.6 Å². The molecule has 0 atom stereocenters. The summed E-state index contributed by atoms with van der Waals surface area (Å²) in [5.74, 6) is -0.198. The number of carbonyl (C=O) groups is 1. The van der Waals surface area contributed by atoms with Crippen LogP contribution in [-0.2, 0) is 17.4 Å². The first kappa shape index (κ1) is 18.3. The smallest absolute Gasteiger partial charge is 0.339 e. The Morgan fingerprint density at radius 1 is 1.33 bits per heavy atom. The van der Waals surface area contributed by atoms with Crippen molar-refractivity contribution in [2.24, 2.45) is 0 Å². The molecule has 3 heterocycles. The summed E-state index contributed by atoms with van der Waals surface area (Å²) in [6.45, 7) is 0. The molecule has 3 aromatic heterocycles. The first-order valence-corrected chi connectivity index (χ1v) is 7.65. The molecule has 11 heteroatoms. The van der Waals surface area contributed by atoms with E-state index < -0.39 is 28.9 Å². The Labute approximate surface area is 149 Å². The zero-order chi connectivity index (χ0) is 19.4. The van der Waals surface area contributed by atoms with Crippen LogP contribution >= 0.6 is 0 Å². The van der Waals surface area contributed by atoms with E-state index in [9.17, 15) is 22.8 Å². The Hall–Kier alpha value is -3.50. The molecule has 140 valence electrons. The van der Waals surface area contributed by atoms with Gasteiger partial charge in [-0.1, -0.05) is 5.16 Å². The van der Waals surface area contributed by atoms with Gasteiger partial charge >= 0.3 is 6.18 Å². The summed E-state index contributed by atoms with van der Waals surface area (Å²) in [4.78, 5) is 33.5. The van der Waals surface area contributed by atoms with Gasteiger partial charge in [0.2, 0.25) is 17.6 Å². The van der Waals surface area contributed by atoms with E-state index in [0.717, 1.165) is 0 Å². The third-order valence-corrected chi connectivity index (χ3v) is 3.46. The van der Waals surface area contributed by atoms with E-state index in [2.05, 4.69) is 20.4 Å². The Bertz CT molecular complexity index is 998. The van der Waals surface area contributed by atoms with Crippen molar-refractivity contribution in [2.45, 2.75) is 19.0 Å². The van der Waals surface area contributed by atoms with Gasteiger partial charge in [0, 0.05) is 37.0 Å². The molecular formula is C16H12F3N5O3. The number of hydrogen-bond donors (Lipinski definition) is 2. The molecule has 0 aromatic carbocycles. The van der Waals surface area contributed by atoms with Crippen LogP contribution in [0.2, 0.25) is 0 Å². The number of aromatic nitrogens is 4. The van der Waals surface area contributed by atoms with Gasteiger partial charge in [-0.05, 0) is 18.2 Å². The van der Waals surface area contributed by atoms with Crippen LogP contribution in [0.5, 0.6) is 0 Å². The Morgan fingerprint density at radius 3 is 2.85 bits per heavy atom. The Balaban J connectivity index is 1.62. The maximum Gasteiger partial charge on any atom is 0.417 e. The van der Waals surface area contributed by atoms with Gasteiger partial charge in [0.25, 0.3) is 5.56 Å². The number of anilines is 1. The predicted octanol–water partition coefficient (Wildman–Crippen LogP) is 2.41. The number of rotatable bonds is 5. The maximum atomic E-state index is 12.7. The molecule has 0 saturated carbocycles. The first-order chi connectivity index (χ1) is 12.8. The van der Waals surface area contributed by atoms with E-state index in [1.165, 1.54) is 0 Å². The fourth-order valence-corrected chi connectivity index (χ4v) is 2.14. The number of carbonyl (C=O) groups excluding carboxylic acids is 1. The summed E-state index contributed by atoms with van der Waals surface area (Å²) in [5.41, 5.74) is -1.77. The second-order valence-corrected chi connectivity index (χ2v) is 5.43. The SMILES string of the molecule is O=C(CCc1nc(-c2cccnc2)no1)Nc1cc(C(F)(F)F)c[nH]c1=O. The normalized spacial score (nSPS) is 11.4. The van der Waals surface area contributed by atoms with E-state index in [0.29, 0.717) is 23.7 Å². The summed E-state index contributed by atoms with van der Waals surface area (Å²) in [6.07, 6.45) is -1.08. The molecule has 3 rings (SSSR count). The average Bonchev–Trinajstić information content (AvgIpc) is 3.11. The molecule has 0 aliphatic heterocycles. The Kier molecular flexibility index (Phi) is 5.01. The lowest BCUT2D eigenvalue weighted by Crippen LogP contribution is -2.21. The number of halogens is 3. The number of alkyl halides is 3. The molecule has 2 N–H and O–H groups in total. The molecule has 8 nitrogen and oxygen atoms in total. The van der Waals surface area contributed by atoms with Gasteiger partial charge in [0.15, 0.2) is 0 Å². The third kappa shape index (κ3) is 4.57. The summed E-state index contributed by atoms with van der Waals surface area (Å²) in [7, 11) is 0. The van der Waals surface area contributed by atoms with Gasteiger partial charge in [-0.2, -0.15) is 18.2 Å². The number of nitrogens with one attached hydrogen (secondary N) is 2. The van der Waals surface area contributed by atoms with Gasteiger partial charge in [0.1, 0.15) is 5.69 Å². The van der Waals surface area contributed by atoms with E-state index in [1.54, 1.807) is 24.5 Å². The van der Waals surface area contributed by atoms with Crippen molar-refractivity contribution in [3.63, 3.8) is 0 Å². The molecule has 0 radical (unpaired) electrons. The molecular weight excluding hydrogens is 367 g/mol. The van der Waals surface area contributed by atoms with Gasteiger partial charge in [-0.15, -0.1) is 0 Å². The molecule has 0 spiro atoms. The van der Waals surface area contributed by atoms with Crippen molar-refractivity contribution in [3.05, 3.63) is 58.6 Å². The summed E-state index contributed by atoms with van der Waals surface area (Å²) in [6, 6.07) is 4.00. The van der Waals surface area contributed by atoms with Crippen LogP contribution in [0.25, 0.3) is 11.4 Å². The minimum atomic E-state index is -4.64. The minimum absolute atomic E-state index is 0.0515. The highest BCUT2D eigenvalue weighted by Crippen LogP contribution is 2.29. The van der Waals surface area contributed by atoms with E-state index in [4.69, 9.17) is 4.52 Å². The average molecular weight is 379 g/mol. The van der Waals surface area contributed by atoms with Gasteiger partial charge in [-0.3, -0.25) is 14.6 Å². The van der Waals surface area contributed by atoms with Crippen molar-refractivity contribution < 1.29 is 22.5 Å². The molecule has 27 heavy (non-hydrogen) atoms. The highest BCUT2D eigenvalue weighted by Gasteiger charge is 2.31. The predicted molar refractivity (Wildman–Crippen MR) is 86.5 cm³/mol. The quantitative estimate of drug-likeness (QED) is 0.704. The first-order valence-electron chi connectivity index (χ1n) is 7.65. The molecule has 1 amide bonds. The molecule has 0 fully saturated rings. The fraction of sp³-hybridized carbons (Fsp3) is 0.188. The van der Waals surface area contributed by atoms with Crippen LogP contribution in [0, 0.1) is 0 Å². The van der Waals surface area contributed by atoms with Gasteiger partial charge in [0.05, 0.1) is 5.56 Å². The molecule has 0 aliphatic carbocycles. The Morgan fingerprint density at radius 2 is 2.15 bits per heavy atom. The van der Waals surface area contributed by atoms with E-state index in [-0.39, 0.29) is 18.7 Å². The van der Waals surface area contributed by atoms with Crippen molar-refractivity contribution in [1.82, 2.24) is 20.1 Å². The topological polar surface area (TPSA) is 114 Å². The van der Waals surface area contributed by atoms with Crippen LogP contribution in [0.4, 0.5) is 18.9 Å². The lowest BCUT2D eigenvalue weighted by Gasteiger charge is -2.08. The van der Waals surface area contributed by atoms with Crippen molar-refractivity contribution in [3.8, 4) is 11.4 Å². The zero-order valence-electron chi connectivity index (χ0n) is 13.6. The van der Waals surface area contributed by atoms with E-state index >= 15 is 0 Å². The second-order valence-electron chi connectivity index (χ2n) is 5.43. The van der Waals surface area contributed by atoms with E-state index in [1.807, 2.05) is 4.98 Å². The van der Waals surface area contributed by atoms with Gasteiger partial charge in [-0.25, -0.2) is 0 Å². The number of pyridine rings is 2. The number of H-pyrrole nitrogens is 1. The standard InChI is InChI=1S/C16H12F3N5O3/c17-16(18,19)10-6-11(15(26)21-8-10)22-12(25)3-4-13-23-14(24-27-13)9-2-1-5-20-7-9/h1-2,5-8H,3-4H2,(H,21,26)(H,22,25). The summed E-state index contributed by atoms with van der Waals surface area (Å²) < 4.78 is 43.1. The summed E-state index contributed by atoms with van der Waals surface area (Å²) >= 11 is 0. The fourth-order valence-electron chi connectivity index (χ4n) is 2.14.